The van der Waals surface area contributed by atoms with Gasteiger partial charge in [0, 0.05) is 70.3 Å². The average Bonchev–Trinajstić information content (AvgIpc) is 3.81. The summed E-state index contributed by atoms with van der Waals surface area (Å²) < 4.78 is 22.9. The highest BCUT2D eigenvalue weighted by atomic mass is 16.6. The summed E-state index contributed by atoms with van der Waals surface area (Å²) in [6.07, 6.45) is 6.09. The van der Waals surface area contributed by atoms with E-state index >= 15 is 0 Å². The third kappa shape index (κ3) is 9.89. The molecule has 12 heteroatoms. The molecule has 1 saturated heterocycles. The fraction of sp³-hybridized carbons (Fsp3) is 0.545. The van der Waals surface area contributed by atoms with Gasteiger partial charge in [0.25, 0.3) is 5.91 Å². The molecule has 2 bridgehead atoms. The molecule has 2 amide bonds. The summed E-state index contributed by atoms with van der Waals surface area (Å²) >= 11 is 0. The van der Waals surface area contributed by atoms with Crippen LogP contribution in [0.4, 0.5) is 16.2 Å². The van der Waals surface area contributed by atoms with Crippen LogP contribution in [0.1, 0.15) is 39.7 Å². The van der Waals surface area contributed by atoms with Crippen LogP contribution in [-0.4, -0.2) is 98.7 Å². The summed E-state index contributed by atoms with van der Waals surface area (Å²) in [5.74, 6) is -1.06. The number of anilines is 1. The molecule has 0 saturated carbocycles. The smallest absolute Gasteiger partial charge is 0.405 e. The number of rotatable bonds is 7. The molecule has 45 heavy (non-hydrogen) atoms. The minimum absolute atomic E-state index is 0.0652. The predicted octanol–water partition coefficient (Wildman–Crippen LogP) is 4.23. The first-order valence-electron chi connectivity index (χ1n) is 15.1. The van der Waals surface area contributed by atoms with E-state index in [1.807, 2.05) is 26.8 Å². The lowest BCUT2D eigenvalue weighted by Crippen LogP contribution is -2.38. The first-order chi connectivity index (χ1) is 21.4. The number of nitrogens with one attached hydrogen (secondary N) is 1. The van der Waals surface area contributed by atoms with E-state index in [0.717, 1.165) is 13.1 Å². The van der Waals surface area contributed by atoms with Crippen molar-refractivity contribution >= 4 is 29.6 Å². The lowest BCUT2D eigenvalue weighted by molar-refractivity contribution is -0.112. The number of fused-ring (bicyclic) bond motifs is 2. The second kappa shape index (κ2) is 16.6. The summed E-state index contributed by atoms with van der Waals surface area (Å²) in [5, 5.41) is 25.1. The molecule has 2 heterocycles. The molecule has 12 nitrogen and oxygen atoms in total. The molecule has 0 radical (unpaired) electrons. The van der Waals surface area contributed by atoms with Crippen LogP contribution in [0.5, 0.6) is 11.5 Å². The van der Waals surface area contributed by atoms with Crippen LogP contribution >= 0.6 is 0 Å². The topological polar surface area (TPSA) is 165 Å². The Labute approximate surface area is 265 Å². The highest BCUT2D eigenvalue weighted by Gasteiger charge is 2.31. The number of amides is 2. The summed E-state index contributed by atoms with van der Waals surface area (Å²) in [4.78, 5) is 31.7. The lowest BCUT2D eigenvalue weighted by Gasteiger charge is -2.32. The molecule has 1 aromatic carbocycles. The van der Waals surface area contributed by atoms with Crippen molar-refractivity contribution in [3.8, 4) is 11.5 Å². The Balaban J connectivity index is 2.12. The van der Waals surface area contributed by atoms with Gasteiger partial charge in [-0.2, -0.15) is 0 Å². The van der Waals surface area contributed by atoms with Crippen LogP contribution in [0, 0.1) is 11.8 Å². The van der Waals surface area contributed by atoms with Gasteiger partial charge >= 0.3 is 6.09 Å². The number of allylic oxidation sites excluding steroid dienone is 2. The zero-order valence-electron chi connectivity index (χ0n) is 27.3. The third-order valence-corrected chi connectivity index (χ3v) is 8.14. The molecule has 248 valence electrons. The molecule has 0 aliphatic carbocycles. The van der Waals surface area contributed by atoms with Crippen LogP contribution in [-0.2, 0) is 30.2 Å². The molecule has 1 aromatic rings. The molecule has 0 unspecified atom stereocenters. The van der Waals surface area contributed by atoms with Crippen molar-refractivity contribution in [2.45, 2.75) is 65.0 Å². The summed E-state index contributed by atoms with van der Waals surface area (Å²) in [5.41, 5.74) is 7.16. The van der Waals surface area contributed by atoms with Crippen molar-refractivity contribution < 1.29 is 38.7 Å². The molecular formula is C33H48N4O8. The zero-order valence-corrected chi connectivity index (χ0v) is 27.3. The van der Waals surface area contributed by atoms with E-state index in [9.17, 15) is 19.8 Å². The van der Waals surface area contributed by atoms with E-state index in [1.165, 1.54) is 13.2 Å². The van der Waals surface area contributed by atoms with Gasteiger partial charge < -0.3 is 40.2 Å². The maximum atomic E-state index is 13.1. The summed E-state index contributed by atoms with van der Waals surface area (Å²) in [6, 6.07) is 1.30. The van der Waals surface area contributed by atoms with Crippen LogP contribution in [0.25, 0.3) is 0 Å². The molecule has 3 rings (SSSR count). The Bertz CT molecular complexity index is 1320. The number of methoxy groups -OCH3 is 3. The molecule has 1 fully saturated rings. The van der Waals surface area contributed by atoms with Gasteiger partial charge in [0.15, 0.2) is 6.10 Å². The van der Waals surface area contributed by atoms with Crippen molar-refractivity contribution in [2.75, 3.05) is 46.3 Å². The second-order valence-corrected chi connectivity index (χ2v) is 11.8. The van der Waals surface area contributed by atoms with E-state index in [2.05, 4.69) is 15.2 Å². The Morgan fingerprint density at radius 1 is 1.16 bits per heavy atom. The van der Waals surface area contributed by atoms with Crippen LogP contribution < -0.4 is 11.1 Å². The van der Waals surface area contributed by atoms with Crippen LogP contribution in [0.2, 0.25) is 0 Å². The summed E-state index contributed by atoms with van der Waals surface area (Å²) in [7, 11) is 4.71. The first-order valence-corrected chi connectivity index (χ1v) is 15.1. The molecule has 0 spiro atoms. The van der Waals surface area contributed by atoms with E-state index in [1.54, 1.807) is 45.6 Å². The van der Waals surface area contributed by atoms with Gasteiger partial charge in [0.05, 0.1) is 17.9 Å². The van der Waals surface area contributed by atoms with E-state index in [-0.39, 0.29) is 46.9 Å². The fourth-order valence-corrected chi connectivity index (χ4v) is 5.59. The minimum Gasteiger partial charge on any atom is -0.506 e. The van der Waals surface area contributed by atoms with Gasteiger partial charge in [-0.15, -0.1) is 0 Å². The highest BCUT2D eigenvalue weighted by Crippen LogP contribution is 2.44. The SMILES string of the molecule is CO[C@H]1[C@@H](OC)C[C@H](C)Cc2c(O)c(cc(O)c2N=CCN2CC2)NC(=O)C(C)=CC=C[C@H](OC)[C@@H](OC(N)=O)C(C)=C[C@@H]1C. The van der Waals surface area contributed by atoms with E-state index < -0.39 is 24.2 Å². The monoisotopic (exact) mass is 628 g/mol. The number of hydrogen-bond acceptors (Lipinski definition) is 10. The molecule has 6 atom stereocenters. The lowest BCUT2D eigenvalue weighted by atomic mass is 9.87. The van der Waals surface area contributed by atoms with Crippen molar-refractivity contribution in [3.05, 3.63) is 47.1 Å². The Morgan fingerprint density at radius 2 is 1.87 bits per heavy atom. The summed E-state index contributed by atoms with van der Waals surface area (Å²) in [6.45, 7) is 10.0. The van der Waals surface area contributed by atoms with Gasteiger partial charge in [-0.25, -0.2) is 4.79 Å². The molecule has 5 N–H and O–H groups in total. The molecule has 2 aliphatic heterocycles. The number of primary amides is 1. The van der Waals surface area contributed by atoms with Gasteiger partial charge in [-0.3, -0.25) is 14.7 Å². The number of phenols is 2. The first kappa shape index (κ1) is 35.8. The number of carbonyl (C=O) groups excluding carboxylic acids is 2. The van der Waals surface area contributed by atoms with Crippen molar-refractivity contribution in [1.82, 2.24) is 4.90 Å². The number of nitrogens with zero attached hydrogens (tertiary/aromatic N) is 2. The van der Waals surface area contributed by atoms with E-state index in [4.69, 9.17) is 24.7 Å². The Hall–Kier alpha value is -3.71. The number of aromatic hydroxyl groups is 2. The normalized spacial score (nSPS) is 27.1. The van der Waals surface area contributed by atoms with Gasteiger partial charge in [0.1, 0.15) is 23.3 Å². The number of ether oxygens (including phenoxy) is 4. The van der Waals surface area contributed by atoms with Crippen LogP contribution in [0.15, 0.2) is 46.5 Å². The Kier molecular flexibility index (Phi) is 13.2. The Morgan fingerprint density at radius 3 is 2.47 bits per heavy atom. The van der Waals surface area contributed by atoms with Gasteiger partial charge in [0.2, 0.25) is 0 Å². The van der Waals surface area contributed by atoms with Crippen molar-refractivity contribution in [3.63, 3.8) is 0 Å². The molecule has 2 aliphatic rings. The standard InChI is InChI=1S/C33H48N4O8/c1-19-15-23-28(35-11-12-37-13-14-37)25(38)18-24(29(23)39)36-32(40)20(2)9-8-10-26(42-5)31(45-33(34)41)22(4)17-21(3)30(44-7)27(16-19)43-6/h8-11,17-19,21,26-27,30-31,38-39H,12-16H2,1-7H3,(H2,34,41)(H,36,40)/t19-,21+,26+,27+,30-,31+/m1/s1. The zero-order chi connectivity index (χ0) is 33.3. The number of carbonyl (C=O) groups is 2. The maximum absolute atomic E-state index is 13.1. The number of aliphatic imine (C=N–C) groups is 1. The number of nitrogens with two attached hydrogens (primary N) is 1. The molecule has 0 aromatic heterocycles. The van der Waals surface area contributed by atoms with Crippen LogP contribution in [0.3, 0.4) is 0 Å². The largest absolute Gasteiger partial charge is 0.506 e. The maximum Gasteiger partial charge on any atom is 0.405 e. The van der Waals surface area contributed by atoms with Crippen molar-refractivity contribution in [1.29, 1.82) is 0 Å². The van der Waals surface area contributed by atoms with Gasteiger partial charge in [-0.1, -0.05) is 38.2 Å². The average molecular weight is 629 g/mol. The minimum atomic E-state index is -0.953. The predicted molar refractivity (Wildman–Crippen MR) is 173 cm³/mol. The number of hydrogen-bond donors (Lipinski definition) is 4. The number of phenolic OH excluding ortho intramolecular Hbond substituents is 2. The fourth-order valence-electron chi connectivity index (χ4n) is 5.59. The van der Waals surface area contributed by atoms with E-state index in [0.29, 0.717) is 36.1 Å². The van der Waals surface area contributed by atoms with Gasteiger partial charge in [-0.05, 0) is 38.2 Å². The quantitative estimate of drug-likeness (QED) is 0.114. The highest BCUT2D eigenvalue weighted by molar-refractivity contribution is 6.04. The molecular weight excluding hydrogens is 580 g/mol. The third-order valence-electron chi connectivity index (χ3n) is 8.14. The van der Waals surface area contributed by atoms with Crippen molar-refractivity contribution in [2.24, 2.45) is 22.6 Å². The number of benzene rings is 1. The second-order valence-electron chi connectivity index (χ2n) is 11.8.